The van der Waals surface area contributed by atoms with Crippen molar-refractivity contribution >= 4 is 34.5 Å². The van der Waals surface area contributed by atoms with Crippen molar-refractivity contribution in [3.63, 3.8) is 0 Å². The maximum Gasteiger partial charge on any atom is 0.239 e. The number of nitrogens with zero attached hydrogens (tertiary/aromatic N) is 1. The van der Waals surface area contributed by atoms with Crippen LogP contribution < -0.4 is 33.8 Å². The van der Waals surface area contributed by atoms with Crippen LogP contribution in [0.25, 0.3) is 27.9 Å². The highest BCUT2D eigenvalue weighted by Gasteiger charge is 2.22. The maximum absolute atomic E-state index is 13.8. The van der Waals surface area contributed by atoms with Gasteiger partial charge in [0.1, 0.15) is 41.4 Å². The lowest BCUT2D eigenvalue weighted by atomic mass is 10.1. The van der Waals surface area contributed by atoms with E-state index >= 15 is 0 Å². The first-order valence-electron chi connectivity index (χ1n) is 13.1. The molecule has 0 spiro atoms. The monoisotopic (exact) mass is 589 g/mol. The summed E-state index contributed by atoms with van der Waals surface area (Å²) in [5, 5.41) is 0.240. The Morgan fingerprint density at radius 1 is 0.833 bits per heavy atom. The molecule has 0 saturated heterocycles. The van der Waals surface area contributed by atoms with Crippen LogP contribution in [0.2, 0.25) is 0 Å². The SMILES string of the molecule is COc1cc(OC)c2c(=O)c(OCCOc3ccc(C(C)=C4C=NCS4)cc3)c(-c3ccc(OC)c(OC)c3)oc2c1. The molecule has 0 saturated carbocycles. The van der Waals surface area contributed by atoms with Gasteiger partial charge in [-0.1, -0.05) is 12.1 Å². The lowest BCUT2D eigenvalue weighted by Gasteiger charge is -2.15. The first-order valence-corrected chi connectivity index (χ1v) is 14.1. The molecule has 1 aromatic heterocycles. The van der Waals surface area contributed by atoms with Gasteiger partial charge in [-0.05, 0) is 48.4 Å². The Labute approximate surface area is 247 Å². The Kier molecular flexibility index (Phi) is 8.92. The van der Waals surface area contributed by atoms with Gasteiger partial charge >= 0.3 is 0 Å². The fraction of sp³-hybridized carbons (Fsp3) is 0.250. The molecular formula is C32H31NO8S. The van der Waals surface area contributed by atoms with Gasteiger partial charge in [-0.15, -0.1) is 11.8 Å². The molecule has 218 valence electrons. The normalized spacial score (nSPS) is 13.6. The first-order chi connectivity index (χ1) is 20.5. The number of methoxy groups -OCH3 is 4. The summed E-state index contributed by atoms with van der Waals surface area (Å²) in [6.45, 7) is 2.37. The summed E-state index contributed by atoms with van der Waals surface area (Å²) in [5.41, 5.74) is 2.75. The molecule has 0 N–H and O–H groups in total. The van der Waals surface area contributed by atoms with E-state index in [2.05, 4.69) is 11.9 Å². The average Bonchev–Trinajstić information content (AvgIpc) is 3.58. The molecule has 4 aromatic rings. The van der Waals surface area contributed by atoms with Gasteiger partial charge in [-0.25, -0.2) is 0 Å². The quantitative estimate of drug-likeness (QED) is 0.183. The molecule has 0 radical (unpaired) electrons. The van der Waals surface area contributed by atoms with Gasteiger partial charge in [-0.3, -0.25) is 9.79 Å². The number of benzene rings is 3. The Bertz CT molecular complexity index is 1710. The minimum atomic E-state index is -0.387. The third-order valence-corrected chi connectivity index (χ3v) is 7.75. The van der Waals surface area contributed by atoms with Gasteiger partial charge in [0.25, 0.3) is 0 Å². The van der Waals surface area contributed by atoms with Crippen molar-refractivity contribution in [2.24, 2.45) is 4.99 Å². The summed E-state index contributed by atoms with van der Waals surface area (Å²) in [6.07, 6.45) is 1.91. The molecular weight excluding hydrogens is 558 g/mol. The van der Waals surface area contributed by atoms with E-state index in [0.717, 1.165) is 11.4 Å². The summed E-state index contributed by atoms with van der Waals surface area (Å²) in [4.78, 5) is 19.3. The maximum atomic E-state index is 13.8. The van der Waals surface area contributed by atoms with Crippen LogP contribution in [-0.2, 0) is 0 Å². The van der Waals surface area contributed by atoms with Crippen LogP contribution in [0.3, 0.4) is 0 Å². The van der Waals surface area contributed by atoms with E-state index in [0.29, 0.717) is 34.3 Å². The number of hydrogen-bond acceptors (Lipinski definition) is 10. The molecule has 10 heteroatoms. The van der Waals surface area contributed by atoms with Gasteiger partial charge in [0.15, 0.2) is 17.3 Å². The number of fused-ring (bicyclic) bond motifs is 1. The summed E-state index contributed by atoms with van der Waals surface area (Å²) < 4.78 is 40.0. The lowest BCUT2D eigenvalue weighted by molar-refractivity contribution is 0.214. The molecule has 9 nitrogen and oxygen atoms in total. The van der Waals surface area contributed by atoms with Crippen molar-refractivity contribution < 1.29 is 32.8 Å². The van der Waals surface area contributed by atoms with E-state index in [9.17, 15) is 4.79 Å². The zero-order valence-electron chi connectivity index (χ0n) is 24.0. The standard InChI is InChI=1S/C32H31NO8S/c1-19(28-17-33-18-42-28)20-6-9-22(10-7-20)39-12-13-40-32-30(34)29-26(38-5)15-23(35-2)16-27(29)41-31(32)21-8-11-24(36-3)25(14-21)37-4/h6-11,14-17H,12-13,18H2,1-5H3. The van der Waals surface area contributed by atoms with Gasteiger partial charge < -0.3 is 32.8 Å². The molecule has 0 fully saturated rings. The highest BCUT2D eigenvalue weighted by atomic mass is 32.2. The average molecular weight is 590 g/mol. The van der Waals surface area contributed by atoms with Crippen molar-refractivity contribution in [2.45, 2.75) is 6.92 Å². The number of allylic oxidation sites excluding steroid dienone is 2. The van der Waals surface area contributed by atoms with E-state index < -0.39 is 0 Å². The number of ether oxygens (including phenoxy) is 6. The highest BCUT2D eigenvalue weighted by molar-refractivity contribution is 8.04. The van der Waals surface area contributed by atoms with Crippen molar-refractivity contribution in [3.05, 3.63) is 75.3 Å². The van der Waals surface area contributed by atoms with E-state index in [1.807, 2.05) is 30.5 Å². The molecule has 1 aliphatic rings. The minimum absolute atomic E-state index is 0.0233. The van der Waals surface area contributed by atoms with Crippen LogP contribution in [0, 0.1) is 0 Å². The molecule has 1 aliphatic heterocycles. The number of hydrogen-bond donors (Lipinski definition) is 0. The van der Waals surface area contributed by atoms with Crippen LogP contribution in [0.15, 0.2) is 73.7 Å². The predicted molar refractivity (Wildman–Crippen MR) is 165 cm³/mol. The molecule has 3 aromatic carbocycles. The summed E-state index contributed by atoms with van der Waals surface area (Å²) in [6, 6.07) is 16.3. The van der Waals surface area contributed by atoms with E-state index in [1.165, 1.54) is 31.8 Å². The first kappa shape index (κ1) is 28.9. The molecule has 0 aliphatic carbocycles. The number of thioether (sulfide) groups is 1. The predicted octanol–water partition coefficient (Wildman–Crippen LogP) is 6.46. The molecule has 42 heavy (non-hydrogen) atoms. The Balaban J connectivity index is 1.43. The molecule has 5 rings (SSSR count). The van der Waals surface area contributed by atoms with Crippen LogP contribution in [0.4, 0.5) is 0 Å². The van der Waals surface area contributed by atoms with Crippen molar-refractivity contribution in [1.29, 1.82) is 0 Å². The molecule has 0 bridgehead atoms. The van der Waals surface area contributed by atoms with E-state index in [-0.39, 0.29) is 41.1 Å². The Hall–Kier alpha value is -4.57. The third-order valence-electron chi connectivity index (χ3n) is 6.75. The summed E-state index contributed by atoms with van der Waals surface area (Å²) in [7, 11) is 6.10. The van der Waals surface area contributed by atoms with Crippen LogP contribution in [0.1, 0.15) is 12.5 Å². The fourth-order valence-corrected chi connectivity index (χ4v) is 5.31. The van der Waals surface area contributed by atoms with Crippen molar-refractivity contribution in [2.75, 3.05) is 47.5 Å². The second kappa shape index (κ2) is 12.9. The molecule has 0 unspecified atom stereocenters. The molecule has 0 atom stereocenters. The second-order valence-corrected chi connectivity index (χ2v) is 10.1. The van der Waals surface area contributed by atoms with E-state index in [4.69, 9.17) is 32.8 Å². The smallest absolute Gasteiger partial charge is 0.239 e. The lowest BCUT2D eigenvalue weighted by Crippen LogP contribution is -2.16. The van der Waals surface area contributed by atoms with Gasteiger partial charge in [0, 0.05) is 28.8 Å². The van der Waals surface area contributed by atoms with Crippen LogP contribution >= 0.6 is 11.8 Å². The summed E-state index contributed by atoms with van der Waals surface area (Å²) in [5.74, 6) is 3.51. The summed E-state index contributed by atoms with van der Waals surface area (Å²) >= 11 is 1.72. The van der Waals surface area contributed by atoms with Crippen molar-refractivity contribution in [3.8, 4) is 45.8 Å². The molecule has 0 amide bonds. The topological polar surface area (TPSA) is 98.0 Å². The zero-order valence-corrected chi connectivity index (χ0v) is 24.8. The number of rotatable bonds is 11. The third kappa shape index (κ3) is 5.89. The van der Waals surface area contributed by atoms with Gasteiger partial charge in [0.2, 0.25) is 11.2 Å². The molecule has 2 heterocycles. The van der Waals surface area contributed by atoms with Gasteiger partial charge in [-0.2, -0.15) is 0 Å². The van der Waals surface area contributed by atoms with Crippen molar-refractivity contribution in [1.82, 2.24) is 0 Å². The van der Waals surface area contributed by atoms with Crippen LogP contribution in [0.5, 0.6) is 34.5 Å². The van der Waals surface area contributed by atoms with E-state index in [1.54, 1.807) is 49.2 Å². The largest absolute Gasteiger partial charge is 0.496 e. The Morgan fingerprint density at radius 3 is 2.24 bits per heavy atom. The fourth-order valence-electron chi connectivity index (χ4n) is 4.54. The van der Waals surface area contributed by atoms with Gasteiger partial charge in [0.05, 0.1) is 34.3 Å². The minimum Gasteiger partial charge on any atom is -0.496 e. The Morgan fingerprint density at radius 2 is 1.57 bits per heavy atom. The second-order valence-electron chi connectivity index (χ2n) is 9.16. The highest BCUT2D eigenvalue weighted by Crippen LogP contribution is 2.39. The number of aliphatic imine (C=N–C) groups is 1. The zero-order chi connectivity index (χ0) is 29.6. The van der Waals surface area contributed by atoms with Crippen LogP contribution in [-0.4, -0.2) is 53.7 Å².